The van der Waals surface area contributed by atoms with Gasteiger partial charge in [0.1, 0.15) is 0 Å². The Morgan fingerprint density at radius 2 is 1.85 bits per heavy atom. The number of thiophene rings is 1. The van der Waals surface area contributed by atoms with Gasteiger partial charge in [-0.15, -0.1) is 11.3 Å². The normalized spacial score (nSPS) is 10.8. The Balaban J connectivity index is 1.74. The van der Waals surface area contributed by atoms with Crippen LogP contribution in [0.5, 0.6) is 0 Å². The Labute approximate surface area is 156 Å². The van der Waals surface area contributed by atoms with E-state index in [0.29, 0.717) is 12.1 Å². The van der Waals surface area contributed by atoms with Crippen molar-refractivity contribution in [3.63, 3.8) is 0 Å². The molecule has 0 unspecified atom stereocenters. The van der Waals surface area contributed by atoms with Crippen LogP contribution in [-0.2, 0) is 6.54 Å². The SMILES string of the molecule is Cc1ccc(-c2cc(C(=O)NCc3cccs3)c3ccccc3n2)cc1. The average Bonchev–Trinajstić information content (AvgIpc) is 3.19. The highest BCUT2D eigenvalue weighted by Gasteiger charge is 2.14. The van der Waals surface area contributed by atoms with Gasteiger partial charge in [-0.25, -0.2) is 4.98 Å². The maximum absolute atomic E-state index is 12.9. The van der Waals surface area contributed by atoms with E-state index in [1.54, 1.807) is 11.3 Å². The number of para-hydroxylation sites is 1. The zero-order chi connectivity index (χ0) is 17.9. The fourth-order valence-electron chi connectivity index (χ4n) is 2.91. The lowest BCUT2D eigenvalue weighted by Crippen LogP contribution is -2.22. The van der Waals surface area contributed by atoms with E-state index in [0.717, 1.165) is 27.0 Å². The Morgan fingerprint density at radius 3 is 2.62 bits per heavy atom. The minimum absolute atomic E-state index is 0.0784. The van der Waals surface area contributed by atoms with Crippen molar-refractivity contribution >= 4 is 28.1 Å². The smallest absolute Gasteiger partial charge is 0.252 e. The molecule has 0 fully saturated rings. The van der Waals surface area contributed by atoms with E-state index in [2.05, 4.69) is 24.4 Å². The molecule has 0 bridgehead atoms. The third-order valence-electron chi connectivity index (χ3n) is 4.31. The summed E-state index contributed by atoms with van der Waals surface area (Å²) in [5.41, 5.74) is 4.50. The van der Waals surface area contributed by atoms with E-state index in [1.807, 2.05) is 60.0 Å². The van der Waals surface area contributed by atoms with Crippen molar-refractivity contribution in [1.29, 1.82) is 0 Å². The van der Waals surface area contributed by atoms with E-state index >= 15 is 0 Å². The number of nitrogens with zero attached hydrogens (tertiary/aromatic N) is 1. The highest BCUT2D eigenvalue weighted by molar-refractivity contribution is 7.09. The van der Waals surface area contributed by atoms with Crippen LogP contribution in [0.4, 0.5) is 0 Å². The largest absolute Gasteiger partial charge is 0.347 e. The van der Waals surface area contributed by atoms with E-state index < -0.39 is 0 Å². The number of aryl methyl sites for hydroxylation is 1. The van der Waals surface area contributed by atoms with Gasteiger partial charge in [0.15, 0.2) is 0 Å². The molecule has 0 saturated carbocycles. The summed E-state index contributed by atoms with van der Waals surface area (Å²) in [6.07, 6.45) is 0. The van der Waals surface area contributed by atoms with Crippen LogP contribution in [0.3, 0.4) is 0 Å². The molecule has 0 radical (unpaired) electrons. The molecule has 26 heavy (non-hydrogen) atoms. The Kier molecular flexibility index (Phi) is 4.50. The van der Waals surface area contributed by atoms with Crippen molar-refractivity contribution < 1.29 is 4.79 Å². The predicted octanol–water partition coefficient (Wildman–Crippen LogP) is 5.20. The maximum atomic E-state index is 12.9. The Bertz CT molecular complexity index is 1050. The molecule has 2 aromatic heterocycles. The Hall–Kier alpha value is -2.98. The van der Waals surface area contributed by atoms with Crippen molar-refractivity contribution in [2.24, 2.45) is 0 Å². The first kappa shape index (κ1) is 16.5. The second kappa shape index (κ2) is 7.10. The van der Waals surface area contributed by atoms with Crippen molar-refractivity contribution in [1.82, 2.24) is 10.3 Å². The molecule has 128 valence electrons. The summed E-state index contributed by atoms with van der Waals surface area (Å²) >= 11 is 1.64. The van der Waals surface area contributed by atoms with Gasteiger partial charge in [-0.3, -0.25) is 4.79 Å². The molecular weight excluding hydrogens is 340 g/mol. The standard InChI is InChI=1S/C22H18N2OS/c1-15-8-10-16(11-9-15)21-13-19(18-6-2-3-7-20(18)24-21)22(25)23-14-17-5-4-12-26-17/h2-13H,14H2,1H3,(H,23,25). The lowest BCUT2D eigenvalue weighted by molar-refractivity contribution is 0.0953. The van der Waals surface area contributed by atoms with Crippen LogP contribution in [0.2, 0.25) is 0 Å². The van der Waals surface area contributed by atoms with Crippen LogP contribution >= 0.6 is 11.3 Å². The predicted molar refractivity (Wildman–Crippen MR) is 107 cm³/mol. The summed E-state index contributed by atoms with van der Waals surface area (Å²) in [5, 5.41) is 5.91. The molecule has 0 atom stereocenters. The topological polar surface area (TPSA) is 42.0 Å². The van der Waals surface area contributed by atoms with E-state index in [9.17, 15) is 4.79 Å². The molecule has 0 spiro atoms. The molecule has 1 N–H and O–H groups in total. The number of benzene rings is 2. The average molecular weight is 358 g/mol. The number of aromatic nitrogens is 1. The third-order valence-corrected chi connectivity index (χ3v) is 5.19. The van der Waals surface area contributed by atoms with Gasteiger partial charge in [-0.05, 0) is 30.5 Å². The van der Waals surface area contributed by atoms with Crippen LogP contribution < -0.4 is 5.32 Å². The van der Waals surface area contributed by atoms with E-state index in [-0.39, 0.29) is 5.91 Å². The third kappa shape index (κ3) is 3.37. The summed E-state index contributed by atoms with van der Waals surface area (Å²) in [7, 11) is 0. The summed E-state index contributed by atoms with van der Waals surface area (Å²) < 4.78 is 0. The first-order valence-corrected chi connectivity index (χ1v) is 9.36. The zero-order valence-electron chi connectivity index (χ0n) is 14.4. The first-order chi connectivity index (χ1) is 12.7. The number of carbonyl (C=O) groups excluding carboxylic acids is 1. The van der Waals surface area contributed by atoms with Crippen LogP contribution in [0.25, 0.3) is 22.2 Å². The number of carbonyl (C=O) groups is 1. The Morgan fingerprint density at radius 1 is 1.04 bits per heavy atom. The van der Waals surface area contributed by atoms with Gasteiger partial charge in [0.25, 0.3) is 5.91 Å². The van der Waals surface area contributed by atoms with Gasteiger partial charge >= 0.3 is 0 Å². The molecular formula is C22H18N2OS. The van der Waals surface area contributed by atoms with Crippen LogP contribution in [-0.4, -0.2) is 10.9 Å². The van der Waals surface area contributed by atoms with Crippen molar-refractivity contribution in [2.45, 2.75) is 13.5 Å². The van der Waals surface area contributed by atoms with Gasteiger partial charge < -0.3 is 5.32 Å². The molecule has 4 heteroatoms. The van der Waals surface area contributed by atoms with Crippen molar-refractivity contribution in [3.05, 3.63) is 88.1 Å². The first-order valence-electron chi connectivity index (χ1n) is 8.48. The molecule has 0 aliphatic carbocycles. The van der Waals surface area contributed by atoms with Gasteiger partial charge in [-0.2, -0.15) is 0 Å². The lowest BCUT2D eigenvalue weighted by Gasteiger charge is -2.10. The van der Waals surface area contributed by atoms with Gasteiger partial charge in [0.05, 0.1) is 23.3 Å². The summed E-state index contributed by atoms with van der Waals surface area (Å²) in [6, 6.07) is 21.9. The molecule has 0 aliphatic heterocycles. The molecule has 0 aliphatic rings. The van der Waals surface area contributed by atoms with Crippen LogP contribution in [0, 0.1) is 6.92 Å². The molecule has 0 saturated heterocycles. The molecule has 1 amide bonds. The van der Waals surface area contributed by atoms with Crippen molar-refractivity contribution in [3.8, 4) is 11.3 Å². The van der Waals surface area contributed by atoms with Gasteiger partial charge in [-0.1, -0.05) is 54.1 Å². The second-order valence-corrected chi connectivity index (χ2v) is 7.23. The number of rotatable bonds is 4. The number of hydrogen-bond donors (Lipinski definition) is 1. The zero-order valence-corrected chi connectivity index (χ0v) is 15.2. The number of amides is 1. The molecule has 3 nitrogen and oxygen atoms in total. The summed E-state index contributed by atoms with van der Waals surface area (Å²) in [5.74, 6) is -0.0784. The quantitative estimate of drug-likeness (QED) is 0.545. The molecule has 4 rings (SSSR count). The van der Waals surface area contributed by atoms with Crippen LogP contribution in [0.15, 0.2) is 72.1 Å². The number of nitrogens with one attached hydrogen (secondary N) is 1. The molecule has 2 aromatic carbocycles. The van der Waals surface area contributed by atoms with Crippen LogP contribution in [0.1, 0.15) is 20.8 Å². The maximum Gasteiger partial charge on any atom is 0.252 e. The fourth-order valence-corrected chi connectivity index (χ4v) is 3.56. The van der Waals surface area contributed by atoms with Gasteiger partial charge in [0.2, 0.25) is 0 Å². The number of pyridine rings is 1. The van der Waals surface area contributed by atoms with Gasteiger partial charge in [0, 0.05) is 15.8 Å². The summed E-state index contributed by atoms with van der Waals surface area (Å²) in [6.45, 7) is 2.59. The minimum atomic E-state index is -0.0784. The molecule has 4 aromatic rings. The highest BCUT2D eigenvalue weighted by atomic mass is 32.1. The fraction of sp³-hybridized carbons (Fsp3) is 0.0909. The summed E-state index contributed by atoms with van der Waals surface area (Å²) in [4.78, 5) is 18.7. The van der Waals surface area contributed by atoms with E-state index in [1.165, 1.54) is 5.56 Å². The highest BCUT2D eigenvalue weighted by Crippen LogP contribution is 2.25. The molecule has 2 heterocycles. The number of hydrogen-bond acceptors (Lipinski definition) is 3. The monoisotopic (exact) mass is 358 g/mol. The number of fused-ring (bicyclic) bond motifs is 1. The lowest BCUT2D eigenvalue weighted by atomic mass is 10.0. The second-order valence-electron chi connectivity index (χ2n) is 6.20. The van der Waals surface area contributed by atoms with E-state index in [4.69, 9.17) is 4.98 Å². The van der Waals surface area contributed by atoms with Crippen molar-refractivity contribution in [2.75, 3.05) is 0 Å². The minimum Gasteiger partial charge on any atom is -0.347 e.